The smallest absolute Gasteiger partial charge is 0.224 e. The van der Waals surface area contributed by atoms with Gasteiger partial charge in [0.05, 0.1) is 0 Å². The summed E-state index contributed by atoms with van der Waals surface area (Å²) in [6, 6.07) is 2.64. The first-order valence-corrected chi connectivity index (χ1v) is 6.40. The number of hydrogen-bond donors (Lipinski definition) is 1. The first kappa shape index (κ1) is 12.1. The summed E-state index contributed by atoms with van der Waals surface area (Å²) in [5.41, 5.74) is 1.02. The summed E-state index contributed by atoms with van der Waals surface area (Å²) in [6.45, 7) is 7.73. The standard InChI is InChI=1S/C13H22N4/c1-9-5-6-17(11(3)7-9)12-8-10(2)15-13(14-4)16-12/h8-9,11H,5-7H2,1-4H3,(H,14,15,16). The van der Waals surface area contributed by atoms with E-state index >= 15 is 0 Å². The van der Waals surface area contributed by atoms with Gasteiger partial charge in [0.25, 0.3) is 0 Å². The number of rotatable bonds is 2. The van der Waals surface area contributed by atoms with Gasteiger partial charge in [-0.1, -0.05) is 6.92 Å². The van der Waals surface area contributed by atoms with Gasteiger partial charge in [-0.2, -0.15) is 4.98 Å². The van der Waals surface area contributed by atoms with Gasteiger partial charge in [-0.3, -0.25) is 0 Å². The molecule has 1 N–H and O–H groups in total. The van der Waals surface area contributed by atoms with Gasteiger partial charge in [0.1, 0.15) is 5.82 Å². The maximum Gasteiger partial charge on any atom is 0.224 e. The molecule has 1 aliphatic heterocycles. The van der Waals surface area contributed by atoms with Crippen molar-refractivity contribution in [3.05, 3.63) is 11.8 Å². The van der Waals surface area contributed by atoms with E-state index in [2.05, 4.69) is 40.1 Å². The Balaban J connectivity index is 2.24. The SMILES string of the molecule is CNc1nc(C)cc(N2CCC(C)CC2C)n1. The third-order valence-electron chi connectivity index (χ3n) is 3.50. The van der Waals surface area contributed by atoms with Gasteiger partial charge >= 0.3 is 0 Å². The van der Waals surface area contributed by atoms with Crippen LogP contribution in [-0.4, -0.2) is 29.6 Å². The first-order valence-electron chi connectivity index (χ1n) is 6.40. The predicted molar refractivity (Wildman–Crippen MR) is 71.5 cm³/mol. The molecule has 1 saturated heterocycles. The molecule has 2 unspecified atom stereocenters. The maximum atomic E-state index is 4.55. The van der Waals surface area contributed by atoms with E-state index < -0.39 is 0 Å². The van der Waals surface area contributed by atoms with E-state index in [1.54, 1.807) is 0 Å². The van der Waals surface area contributed by atoms with Crippen molar-refractivity contribution in [1.29, 1.82) is 0 Å². The van der Waals surface area contributed by atoms with E-state index in [1.165, 1.54) is 12.8 Å². The van der Waals surface area contributed by atoms with Crippen LogP contribution in [0.3, 0.4) is 0 Å². The Bertz CT molecular complexity index is 391. The third-order valence-corrected chi connectivity index (χ3v) is 3.50. The van der Waals surface area contributed by atoms with Crippen molar-refractivity contribution in [3.8, 4) is 0 Å². The summed E-state index contributed by atoms with van der Waals surface area (Å²) < 4.78 is 0. The zero-order chi connectivity index (χ0) is 12.4. The molecule has 1 aliphatic rings. The largest absolute Gasteiger partial charge is 0.357 e. The molecule has 2 heterocycles. The lowest BCUT2D eigenvalue weighted by Crippen LogP contribution is -2.40. The van der Waals surface area contributed by atoms with Crippen molar-refractivity contribution >= 4 is 11.8 Å². The van der Waals surface area contributed by atoms with E-state index in [0.29, 0.717) is 12.0 Å². The molecule has 0 radical (unpaired) electrons. The molecule has 1 aromatic heterocycles. The summed E-state index contributed by atoms with van der Waals surface area (Å²) in [6.07, 6.45) is 2.50. The third kappa shape index (κ3) is 2.68. The topological polar surface area (TPSA) is 41.1 Å². The summed E-state index contributed by atoms with van der Waals surface area (Å²) in [7, 11) is 1.86. The quantitative estimate of drug-likeness (QED) is 0.853. The van der Waals surface area contributed by atoms with Crippen LogP contribution in [0.1, 0.15) is 32.4 Å². The molecule has 0 saturated carbocycles. The van der Waals surface area contributed by atoms with E-state index in [0.717, 1.165) is 24.0 Å². The highest BCUT2D eigenvalue weighted by molar-refractivity contribution is 5.45. The summed E-state index contributed by atoms with van der Waals surface area (Å²) in [5.74, 6) is 2.60. The Hall–Kier alpha value is -1.32. The lowest BCUT2D eigenvalue weighted by Gasteiger charge is -2.37. The summed E-state index contributed by atoms with van der Waals surface area (Å²) in [5, 5.41) is 3.02. The fraction of sp³-hybridized carbons (Fsp3) is 0.692. The molecular weight excluding hydrogens is 212 g/mol. The van der Waals surface area contributed by atoms with Crippen molar-refractivity contribution in [2.24, 2.45) is 5.92 Å². The zero-order valence-electron chi connectivity index (χ0n) is 11.2. The maximum absolute atomic E-state index is 4.55. The molecule has 1 fully saturated rings. The first-order chi connectivity index (χ1) is 8.10. The minimum absolute atomic E-state index is 0.567. The molecule has 0 aromatic carbocycles. The lowest BCUT2D eigenvalue weighted by molar-refractivity contribution is 0.376. The molecule has 4 heteroatoms. The highest BCUT2D eigenvalue weighted by Crippen LogP contribution is 2.27. The zero-order valence-corrected chi connectivity index (χ0v) is 11.2. The normalized spacial score (nSPS) is 24.8. The van der Waals surface area contributed by atoms with Crippen molar-refractivity contribution in [1.82, 2.24) is 9.97 Å². The van der Waals surface area contributed by atoms with Gasteiger partial charge in [0, 0.05) is 31.4 Å². The van der Waals surface area contributed by atoms with Crippen molar-refractivity contribution < 1.29 is 0 Å². The number of piperidine rings is 1. The van der Waals surface area contributed by atoms with Crippen LogP contribution in [0.2, 0.25) is 0 Å². The second kappa shape index (κ2) is 4.90. The average molecular weight is 234 g/mol. The molecule has 2 atom stereocenters. The number of aryl methyl sites for hydroxylation is 1. The van der Waals surface area contributed by atoms with Crippen LogP contribution in [0, 0.1) is 12.8 Å². The highest BCUT2D eigenvalue weighted by atomic mass is 15.2. The summed E-state index contributed by atoms with van der Waals surface area (Å²) in [4.78, 5) is 11.3. The Morgan fingerprint density at radius 2 is 2.12 bits per heavy atom. The Labute approximate surface area is 103 Å². The van der Waals surface area contributed by atoms with E-state index in [4.69, 9.17) is 0 Å². The van der Waals surface area contributed by atoms with Crippen LogP contribution in [-0.2, 0) is 0 Å². The monoisotopic (exact) mass is 234 g/mol. The second-order valence-corrected chi connectivity index (χ2v) is 5.11. The molecule has 2 rings (SSSR count). The Morgan fingerprint density at radius 1 is 1.35 bits per heavy atom. The van der Waals surface area contributed by atoms with Gasteiger partial charge in [-0.05, 0) is 32.6 Å². The van der Waals surface area contributed by atoms with E-state index in [9.17, 15) is 0 Å². The molecule has 94 valence electrons. The molecule has 4 nitrogen and oxygen atoms in total. The molecule has 17 heavy (non-hydrogen) atoms. The average Bonchev–Trinajstić information content (AvgIpc) is 2.28. The van der Waals surface area contributed by atoms with Gasteiger partial charge in [-0.15, -0.1) is 0 Å². The molecule has 0 spiro atoms. The molecular formula is C13H22N4. The highest BCUT2D eigenvalue weighted by Gasteiger charge is 2.24. The summed E-state index contributed by atoms with van der Waals surface area (Å²) >= 11 is 0. The van der Waals surface area contributed by atoms with E-state index in [1.807, 2.05) is 14.0 Å². The Kier molecular flexibility index (Phi) is 3.50. The number of hydrogen-bond acceptors (Lipinski definition) is 4. The number of anilines is 2. The van der Waals surface area contributed by atoms with Crippen molar-refractivity contribution in [2.75, 3.05) is 23.8 Å². The van der Waals surface area contributed by atoms with E-state index in [-0.39, 0.29) is 0 Å². The van der Waals surface area contributed by atoms with Crippen LogP contribution in [0.4, 0.5) is 11.8 Å². The lowest BCUT2D eigenvalue weighted by atomic mass is 9.93. The minimum Gasteiger partial charge on any atom is -0.357 e. The minimum atomic E-state index is 0.567. The van der Waals surface area contributed by atoms with Crippen molar-refractivity contribution in [2.45, 2.75) is 39.7 Å². The van der Waals surface area contributed by atoms with Crippen LogP contribution in [0.5, 0.6) is 0 Å². The van der Waals surface area contributed by atoms with Crippen LogP contribution in [0.25, 0.3) is 0 Å². The number of aromatic nitrogens is 2. The van der Waals surface area contributed by atoms with Gasteiger partial charge < -0.3 is 10.2 Å². The predicted octanol–water partition coefficient (Wildman–Crippen LogP) is 2.45. The van der Waals surface area contributed by atoms with Gasteiger partial charge in [0.15, 0.2) is 0 Å². The van der Waals surface area contributed by atoms with Crippen LogP contribution >= 0.6 is 0 Å². The van der Waals surface area contributed by atoms with Gasteiger partial charge in [-0.25, -0.2) is 4.98 Å². The fourth-order valence-corrected chi connectivity index (χ4v) is 2.56. The van der Waals surface area contributed by atoms with Crippen LogP contribution in [0.15, 0.2) is 6.07 Å². The van der Waals surface area contributed by atoms with Crippen LogP contribution < -0.4 is 10.2 Å². The van der Waals surface area contributed by atoms with Crippen molar-refractivity contribution in [3.63, 3.8) is 0 Å². The molecule has 0 amide bonds. The molecule has 1 aromatic rings. The molecule has 0 bridgehead atoms. The van der Waals surface area contributed by atoms with Gasteiger partial charge in [0.2, 0.25) is 5.95 Å². The number of nitrogens with zero attached hydrogens (tertiary/aromatic N) is 3. The fourth-order valence-electron chi connectivity index (χ4n) is 2.56. The second-order valence-electron chi connectivity index (χ2n) is 5.11. The molecule has 0 aliphatic carbocycles. The number of nitrogens with one attached hydrogen (secondary N) is 1. The Morgan fingerprint density at radius 3 is 2.76 bits per heavy atom.